The number of para-hydroxylation sites is 1. The molecule has 3 rings (SSSR count). The summed E-state index contributed by atoms with van der Waals surface area (Å²) in [6, 6.07) is 14.2. The number of nitrogens with one attached hydrogen (secondary N) is 1. The molecule has 0 fully saturated rings. The summed E-state index contributed by atoms with van der Waals surface area (Å²) in [6.45, 7) is 6.14. The highest BCUT2D eigenvalue weighted by Gasteiger charge is 2.12. The number of carbonyl (C=O) groups excluding carboxylic acids is 1. The molecule has 0 radical (unpaired) electrons. The predicted octanol–water partition coefficient (Wildman–Crippen LogP) is 4.18. The van der Waals surface area contributed by atoms with E-state index in [4.69, 9.17) is 0 Å². The zero-order valence-corrected chi connectivity index (χ0v) is 16.0. The quantitative estimate of drug-likeness (QED) is 0.665. The van der Waals surface area contributed by atoms with E-state index in [2.05, 4.69) is 22.4 Å². The van der Waals surface area contributed by atoms with Crippen LogP contribution in [0, 0.1) is 13.8 Å². The van der Waals surface area contributed by atoms with E-state index in [9.17, 15) is 4.79 Å². The largest absolute Gasteiger partial charge is 0.325 e. The number of rotatable bonds is 6. The average Bonchev–Trinajstić information content (AvgIpc) is 3.11. The molecule has 0 aliphatic carbocycles. The lowest BCUT2D eigenvalue weighted by Gasteiger charge is -2.13. The molecule has 0 aliphatic rings. The number of hydrogen-bond acceptors (Lipinski definition) is 4. The predicted molar refractivity (Wildman–Crippen MR) is 106 cm³/mol. The number of aryl methyl sites for hydroxylation is 3. The number of benzene rings is 2. The van der Waals surface area contributed by atoms with Crippen LogP contribution in [-0.4, -0.2) is 26.4 Å². The van der Waals surface area contributed by atoms with E-state index in [-0.39, 0.29) is 11.7 Å². The molecule has 2 aromatic carbocycles. The fourth-order valence-electron chi connectivity index (χ4n) is 2.71. The van der Waals surface area contributed by atoms with Crippen LogP contribution in [0.1, 0.15) is 23.6 Å². The van der Waals surface area contributed by atoms with Crippen LogP contribution in [0.15, 0.2) is 53.9 Å². The van der Waals surface area contributed by atoms with Gasteiger partial charge in [-0.25, -0.2) is 0 Å². The highest BCUT2D eigenvalue weighted by atomic mass is 32.2. The number of amides is 1. The maximum atomic E-state index is 12.4. The van der Waals surface area contributed by atoms with Crippen molar-refractivity contribution < 1.29 is 4.79 Å². The van der Waals surface area contributed by atoms with Gasteiger partial charge in [0.05, 0.1) is 5.75 Å². The van der Waals surface area contributed by atoms with Crippen molar-refractivity contribution >= 4 is 23.4 Å². The first-order valence-corrected chi connectivity index (χ1v) is 9.55. The molecule has 0 unspecified atom stereocenters. The molecule has 3 aromatic rings. The molecule has 0 aliphatic heterocycles. The number of aromatic nitrogens is 3. The molecule has 1 amide bonds. The van der Waals surface area contributed by atoms with E-state index >= 15 is 0 Å². The van der Waals surface area contributed by atoms with Crippen molar-refractivity contribution in [2.24, 2.45) is 0 Å². The van der Waals surface area contributed by atoms with Crippen LogP contribution in [0.2, 0.25) is 0 Å². The molecular formula is C20H22N4OS. The van der Waals surface area contributed by atoms with Gasteiger partial charge in [-0.15, -0.1) is 10.2 Å². The minimum absolute atomic E-state index is 0.0440. The summed E-state index contributed by atoms with van der Waals surface area (Å²) in [5.41, 5.74) is 5.31. The van der Waals surface area contributed by atoms with Gasteiger partial charge >= 0.3 is 0 Å². The molecule has 1 N–H and O–H groups in total. The van der Waals surface area contributed by atoms with Crippen molar-refractivity contribution in [2.45, 2.75) is 32.3 Å². The van der Waals surface area contributed by atoms with Crippen LogP contribution in [-0.2, 0) is 11.2 Å². The van der Waals surface area contributed by atoms with Crippen LogP contribution < -0.4 is 5.32 Å². The third-order valence-corrected chi connectivity index (χ3v) is 5.11. The number of hydrogen-bond donors (Lipinski definition) is 1. The lowest BCUT2D eigenvalue weighted by atomic mass is 10.1. The number of carbonyl (C=O) groups is 1. The van der Waals surface area contributed by atoms with Crippen LogP contribution in [0.25, 0.3) is 5.69 Å². The van der Waals surface area contributed by atoms with Gasteiger partial charge in [-0.05, 0) is 43.5 Å². The van der Waals surface area contributed by atoms with Gasteiger partial charge in [0.1, 0.15) is 6.33 Å². The molecule has 1 heterocycles. The van der Waals surface area contributed by atoms with Crippen molar-refractivity contribution in [3.63, 3.8) is 0 Å². The summed E-state index contributed by atoms with van der Waals surface area (Å²) in [4.78, 5) is 12.4. The summed E-state index contributed by atoms with van der Waals surface area (Å²) in [5.74, 6) is 0.236. The summed E-state index contributed by atoms with van der Waals surface area (Å²) in [5, 5.41) is 11.9. The van der Waals surface area contributed by atoms with Gasteiger partial charge < -0.3 is 5.32 Å². The minimum atomic E-state index is -0.0440. The van der Waals surface area contributed by atoms with E-state index in [0.717, 1.165) is 28.9 Å². The zero-order chi connectivity index (χ0) is 18.5. The summed E-state index contributed by atoms with van der Waals surface area (Å²) in [7, 11) is 0. The zero-order valence-electron chi connectivity index (χ0n) is 15.2. The highest BCUT2D eigenvalue weighted by molar-refractivity contribution is 7.99. The molecule has 0 saturated heterocycles. The summed E-state index contributed by atoms with van der Waals surface area (Å²) >= 11 is 1.38. The second-order valence-corrected chi connectivity index (χ2v) is 7.06. The Kier molecular flexibility index (Phi) is 5.73. The van der Waals surface area contributed by atoms with Crippen molar-refractivity contribution in [1.82, 2.24) is 14.8 Å². The standard InChI is InChI=1S/C20H22N4OS/c1-4-16-7-5-6-15(3)19(16)22-18(25)12-26-20-23-21-13-24(20)17-10-8-14(2)9-11-17/h5-11,13H,4,12H2,1-3H3,(H,22,25). The van der Waals surface area contributed by atoms with Gasteiger partial charge in [0, 0.05) is 11.4 Å². The maximum Gasteiger partial charge on any atom is 0.234 e. The molecule has 1 aromatic heterocycles. The lowest BCUT2D eigenvalue weighted by molar-refractivity contribution is -0.113. The highest BCUT2D eigenvalue weighted by Crippen LogP contribution is 2.23. The maximum absolute atomic E-state index is 12.4. The molecular weight excluding hydrogens is 344 g/mol. The van der Waals surface area contributed by atoms with Gasteiger partial charge in [0.25, 0.3) is 0 Å². The topological polar surface area (TPSA) is 59.8 Å². The second kappa shape index (κ2) is 8.19. The van der Waals surface area contributed by atoms with Gasteiger partial charge in [-0.1, -0.05) is 54.6 Å². The number of anilines is 1. The molecule has 134 valence electrons. The molecule has 5 nitrogen and oxygen atoms in total. The third-order valence-electron chi connectivity index (χ3n) is 4.17. The fourth-order valence-corrected chi connectivity index (χ4v) is 3.44. The van der Waals surface area contributed by atoms with Crippen molar-refractivity contribution in [3.05, 3.63) is 65.5 Å². The Labute approximate surface area is 157 Å². The van der Waals surface area contributed by atoms with Crippen molar-refractivity contribution in [3.8, 4) is 5.69 Å². The van der Waals surface area contributed by atoms with E-state index in [1.807, 2.05) is 60.9 Å². The van der Waals surface area contributed by atoms with E-state index in [0.29, 0.717) is 5.16 Å². The first-order chi connectivity index (χ1) is 12.6. The Morgan fingerprint density at radius 3 is 2.65 bits per heavy atom. The van der Waals surface area contributed by atoms with Crippen LogP contribution >= 0.6 is 11.8 Å². The summed E-state index contributed by atoms with van der Waals surface area (Å²) in [6.07, 6.45) is 2.55. The van der Waals surface area contributed by atoms with Crippen LogP contribution in [0.4, 0.5) is 5.69 Å². The fraction of sp³-hybridized carbons (Fsp3) is 0.250. The van der Waals surface area contributed by atoms with Gasteiger partial charge in [-0.2, -0.15) is 0 Å². The average molecular weight is 366 g/mol. The summed E-state index contributed by atoms with van der Waals surface area (Å²) < 4.78 is 1.89. The van der Waals surface area contributed by atoms with Gasteiger partial charge in [-0.3, -0.25) is 9.36 Å². The van der Waals surface area contributed by atoms with Gasteiger partial charge in [0.15, 0.2) is 5.16 Å². The minimum Gasteiger partial charge on any atom is -0.325 e. The Bertz CT molecular complexity index is 902. The molecule has 0 bridgehead atoms. The molecule has 0 atom stereocenters. The Morgan fingerprint density at radius 1 is 1.15 bits per heavy atom. The monoisotopic (exact) mass is 366 g/mol. The smallest absolute Gasteiger partial charge is 0.234 e. The number of thioether (sulfide) groups is 1. The van der Waals surface area contributed by atoms with Crippen molar-refractivity contribution in [2.75, 3.05) is 11.1 Å². The van der Waals surface area contributed by atoms with Crippen LogP contribution in [0.5, 0.6) is 0 Å². The SMILES string of the molecule is CCc1cccc(C)c1NC(=O)CSc1nncn1-c1ccc(C)cc1. The lowest BCUT2D eigenvalue weighted by Crippen LogP contribution is -2.16. The molecule has 26 heavy (non-hydrogen) atoms. The normalized spacial score (nSPS) is 10.7. The number of nitrogens with zero attached hydrogens (tertiary/aromatic N) is 3. The third kappa shape index (κ3) is 4.14. The van der Waals surface area contributed by atoms with E-state index < -0.39 is 0 Å². The molecule has 6 heteroatoms. The van der Waals surface area contributed by atoms with Crippen molar-refractivity contribution in [1.29, 1.82) is 0 Å². The van der Waals surface area contributed by atoms with E-state index in [1.165, 1.54) is 17.3 Å². The van der Waals surface area contributed by atoms with E-state index in [1.54, 1.807) is 6.33 Å². The first kappa shape index (κ1) is 18.2. The second-order valence-electron chi connectivity index (χ2n) is 6.12. The van der Waals surface area contributed by atoms with Crippen LogP contribution in [0.3, 0.4) is 0 Å². The Balaban J connectivity index is 1.68. The van der Waals surface area contributed by atoms with Gasteiger partial charge in [0.2, 0.25) is 5.91 Å². The Hall–Kier alpha value is -2.60. The Morgan fingerprint density at radius 2 is 1.92 bits per heavy atom. The molecule has 0 spiro atoms. The molecule has 0 saturated carbocycles. The first-order valence-electron chi connectivity index (χ1n) is 8.56.